The van der Waals surface area contributed by atoms with Gasteiger partial charge in [-0.25, -0.2) is 24.4 Å². The molecular formula is C31H25Cl2F3N8O4. The van der Waals surface area contributed by atoms with Gasteiger partial charge in [-0.2, -0.15) is 13.2 Å². The number of nitrogens with zero attached hydrogens (tertiary/aromatic N) is 7. The molecule has 2 N–H and O–H groups in total. The van der Waals surface area contributed by atoms with Crippen LogP contribution in [0.15, 0.2) is 78.4 Å². The molecule has 12 nitrogen and oxygen atoms in total. The standard InChI is InChI=1S/C29H24Cl2N8O2.C2HF3O2/c1-17-4-2-7-24(18-5-3-6-19(10-18)28-23(35-29(17)41)13-32-15-33-28)38-16-34-22(12-27(38)40)21-11-20(30)8-9-25(21)39-14-26(31)36-37-39;3-2(4,5)1(6)7/h3,5-6,8-17,24H,2,4,7H2,1H3,(H,35,41);(H,6,7)/t17-,24+;/m1./s1. The number of fused-ring (bicyclic) bond motifs is 4. The van der Waals surface area contributed by atoms with Gasteiger partial charge >= 0.3 is 12.1 Å². The Morgan fingerprint density at radius 2 is 1.83 bits per heavy atom. The zero-order valence-corrected chi connectivity index (χ0v) is 26.4. The maximum absolute atomic E-state index is 13.7. The number of carboxylic acid groups (broad SMARTS) is 1. The molecule has 0 saturated heterocycles. The van der Waals surface area contributed by atoms with Gasteiger partial charge in [0.2, 0.25) is 5.91 Å². The lowest BCUT2D eigenvalue weighted by molar-refractivity contribution is -0.192. The van der Waals surface area contributed by atoms with E-state index in [4.69, 9.17) is 33.1 Å². The minimum Gasteiger partial charge on any atom is -0.475 e. The molecule has 4 heterocycles. The summed E-state index contributed by atoms with van der Waals surface area (Å²) in [6.45, 7) is 1.90. The number of amides is 1. The van der Waals surface area contributed by atoms with Gasteiger partial charge < -0.3 is 10.4 Å². The van der Waals surface area contributed by atoms with Crippen LogP contribution in [0.1, 0.15) is 37.8 Å². The fourth-order valence-electron chi connectivity index (χ4n) is 5.08. The Morgan fingerprint density at radius 1 is 1.06 bits per heavy atom. The van der Waals surface area contributed by atoms with E-state index >= 15 is 0 Å². The molecule has 0 radical (unpaired) electrons. The lowest BCUT2D eigenvalue weighted by Gasteiger charge is -2.23. The zero-order chi connectivity index (χ0) is 34.6. The van der Waals surface area contributed by atoms with Gasteiger partial charge in [0.25, 0.3) is 5.56 Å². The van der Waals surface area contributed by atoms with E-state index in [1.807, 2.05) is 31.2 Å². The Morgan fingerprint density at radius 3 is 2.52 bits per heavy atom. The number of halogens is 5. The van der Waals surface area contributed by atoms with E-state index < -0.39 is 12.1 Å². The molecular weight excluding hydrogens is 676 g/mol. The number of nitrogens with one attached hydrogen (secondary N) is 1. The van der Waals surface area contributed by atoms with E-state index in [-0.39, 0.29) is 28.6 Å². The van der Waals surface area contributed by atoms with Crippen molar-refractivity contribution in [3.05, 3.63) is 99.7 Å². The first-order valence-corrected chi connectivity index (χ1v) is 15.0. The molecule has 2 bridgehead atoms. The topological polar surface area (TPSA) is 158 Å². The van der Waals surface area contributed by atoms with Gasteiger partial charge in [0.1, 0.15) is 6.33 Å². The number of carbonyl (C=O) groups is 2. The molecule has 1 aliphatic heterocycles. The second-order valence-electron chi connectivity index (χ2n) is 10.7. The average Bonchev–Trinajstić information content (AvgIpc) is 3.48. The van der Waals surface area contributed by atoms with Crippen LogP contribution >= 0.6 is 23.2 Å². The number of carboxylic acids is 1. The molecule has 2 aromatic carbocycles. The quantitative estimate of drug-likeness (QED) is 0.222. The third-order valence-corrected chi connectivity index (χ3v) is 7.85. The third kappa shape index (κ3) is 7.86. The number of benzene rings is 2. The van der Waals surface area contributed by atoms with Crippen LogP contribution in [0.5, 0.6) is 0 Å². The SMILES string of the molecule is C[C@@H]1CCC[C@H](n2cnc(-c3cc(Cl)ccc3-n3cc(Cl)nn3)cc2=O)c2cccc(c2)-c2ncncc2NC1=O.O=C(O)C(F)(F)F. The Bertz CT molecular complexity index is 2040. The summed E-state index contributed by atoms with van der Waals surface area (Å²) in [5, 5.41) is 18.7. The van der Waals surface area contributed by atoms with Crippen molar-refractivity contribution in [3.8, 4) is 28.2 Å². The number of carbonyl (C=O) groups excluding carboxylic acids is 1. The molecule has 2 atom stereocenters. The molecule has 6 rings (SSSR count). The average molecular weight is 701 g/mol. The van der Waals surface area contributed by atoms with Gasteiger partial charge in [-0.1, -0.05) is 60.0 Å². The van der Waals surface area contributed by atoms with Crippen LogP contribution in [0.4, 0.5) is 18.9 Å². The van der Waals surface area contributed by atoms with Crippen molar-refractivity contribution in [3.63, 3.8) is 0 Å². The van der Waals surface area contributed by atoms with E-state index in [0.717, 1.165) is 17.5 Å². The maximum atomic E-state index is 13.7. The number of aliphatic carboxylic acids is 1. The second-order valence-corrected chi connectivity index (χ2v) is 11.5. The molecule has 17 heteroatoms. The summed E-state index contributed by atoms with van der Waals surface area (Å²) < 4.78 is 34.9. The van der Waals surface area contributed by atoms with Crippen LogP contribution < -0.4 is 10.9 Å². The van der Waals surface area contributed by atoms with Crippen LogP contribution in [0, 0.1) is 5.92 Å². The Labute approximate surface area is 280 Å². The molecule has 0 unspecified atom stereocenters. The molecule has 3 aromatic heterocycles. The van der Waals surface area contributed by atoms with E-state index in [1.165, 1.54) is 17.1 Å². The first-order valence-electron chi connectivity index (χ1n) is 14.3. The smallest absolute Gasteiger partial charge is 0.475 e. The van der Waals surface area contributed by atoms with E-state index in [0.29, 0.717) is 46.2 Å². The molecule has 1 amide bonds. The van der Waals surface area contributed by atoms with Crippen LogP contribution in [0.25, 0.3) is 28.2 Å². The van der Waals surface area contributed by atoms with Gasteiger partial charge in [0.05, 0.1) is 47.5 Å². The van der Waals surface area contributed by atoms with Crippen molar-refractivity contribution in [2.45, 2.75) is 38.4 Å². The van der Waals surface area contributed by atoms with E-state index in [1.54, 1.807) is 41.5 Å². The predicted molar refractivity (Wildman–Crippen MR) is 170 cm³/mol. The van der Waals surface area contributed by atoms with Crippen molar-refractivity contribution < 1.29 is 27.9 Å². The lowest BCUT2D eigenvalue weighted by atomic mass is 9.94. The Hall–Kier alpha value is -5.15. The highest BCUT2D eigenvalue weighted by atomic mass is 35.5. The Kier molecular flexibility index (Phi) is 10.2. The van der Waals surface area contributed by atoms with Gasteiger partial charge in [0.15, 0.2) is 5.15 Å². The summed E-state index contributed by atoms with van der Waals surface area (Å²) in [4.78, 5) is 48.7. The maximum Gasteiger partial charge on any atom is 0.490 e. The minimum atomic E-state index is -5.08. The van der Waals surface area contributed by atoms with Crippen molar-refractivity contribution >= 4 is 40.8 Å². The summed E-state index contributed by atoms with van der Waals surface area (Å²) in [5.74, 6) is -3.08. The minimum absolute atomic E-state index is 0.0940. The molecule has 248 valence electrons. The predicted octanol–water partition coefficient (Wildman–Crippen LogP) is 6.24. The number of hydrogen-bond acceptors (Lipinski definition) is 8. The first kappa shape index (κ1) is 34.2. The number of hydrogen-bond donors (Lipinski definition) is 2. The highest BCUT2D eigenvalue weighted by Crippen LogP contribution is 2.33. The second kappa shape index (κ2) is 14.3. The summed E-state index contributed by atoms with van der Waals surface area (Å²) in [5.41, 5.74) is 4.36. The number of aromatic nitrogens is 7. The summed E-state index contributed by atoms with van der Waals surface area (Å²) in [6, 6.07) is 14.2. The fourth-order valence-corrected chi connectivity index (χ4v) is 5.38. The summed E-state index contributed by atoms with van der Waals surface area (Å²) in [7, 11) is 0. The largest absolute Gasteiger partial charge is 0.490 e. The number of rotatable bonds is 3. The Balaban J connectivity index is 0.000000582. The van der Waals surface area contributed by atoms with Gasteiger partial charge in [-0.15, -0.1) is 5.10 Å². The molecule has 1 aliphatic rings. The molecule has 0 aliphatic carbocycles. The summed E-state index contributed by atoms with van der Waals surface area (Å²) in [6.07, 6.45) is 3.11. The van der Waals surface area contributed by atoms with Crippen molar-refractivity contribution in [2.24, 2.45) is 5.92 Å². The normalized spacial score (nSPS) is 16.3. The van der Waals surface area contributed by atoms with Gasteiger partial charge in [0, 0.05) is 28.1 Å². The van der Waals surface area contributed by atoms with Gasteiger partial charge in [-0.3, -0.25) is 14.2 Å². The van der Waals surface area contributed by atoms with E-state index in [9.17, 15) is 22.8 Å². The van der Waals surface area contributed by atoms with E-state index in [2.05, 4.69) is 30.6 Å². The molecule has 0 spiro atoms. The molecule has 5 aromatic rings. The zero-order valence-electron chi connectivity index (χ0n) is 24.9. The van der Waals surface area contributed by atoms with Crippen molar-refractivity contribution in [2.75, 3.05) is 5.32 Å². The van der Waals surface area contributed by atoms with Crippen molar-refractivity contribution in [1.82, 2.24) is 34.5 Å². The molecule has 48 heavy (non-hydrogen) atoms. The highest BCUT2D eigenvalue weighted by Gasteiger charge is 2.38. The first-order chi connectivity index (χ1) is 22.8. The monoisotopic (exact) mass is 700 g/mol. The van der Waals surface area contributed by atoms with Crippen LogP contribution in [0.2, 0.25) is 10.2 Å². The van der Waals surface area contributed by atoms with Crippen LogP contribution in [-0.2, 0) is 9.59 Å². The number of anilines is 1. The summed E-state index contributed by atoms with van der Waals surface area (Å²) >= 11 is 12.3. The van der Waals surface area contributed by atoms with Crippen LogP contribution in [-0.4, -0.2) is 57.7 Å². The molecule has 0 saturated carbocycles. The van der Waals surface area contributed by atoms with Gasteiger partial charge in [-0.05, 0) is 42.7 Å². The number of alkyl halides is 3. The lowest BCUT2D eigenvalue weighted by Crippen LogP contribution is -2.26. The van der Waals surface area contributed by atoms with Crippen molar-refractivity contribution in [1.29, 1.82) is 0 Å². The fraction of sp³-hybridized carbons (Fsp3) is 0.226. The highest BCUT2D eigenvalue weighted by molar-refractivity contribution is 6.31. The van der Waals surface area contributed by atoms with Crippen LogP contribution in [0.3, 0.4) is 0 Å². The third-order valence-electron chi connectivity index (χ3n) is 7.44. The molecule has 0 fully saturated rings.